The molecule has 104 valence electrons. The van der Waals surface area contributed by atoms with Gasteiger partial charge in [-0.15, -0.1) is 0 Å². The lowest BCUT2D eigenvalue weighted by Gasteiger charge is -2.32. The molecule has 18 heavy (non-hydrogen) atoms. The van der Waals surface area contributed by atoms with Crippen LogP contribution in [0.4, 0.5) is 0 Å². The van der Waals surface area contributed by atoms with Gasteiger partial charge in [-0.2, -0.15) is 11.8 Å². The summed E-state index contributed by atoms with van der Waals surface area (Å²) in [5, 5.41) is 9.39. The van der Waals surface area contributed by atoms with E-state index in [0.717, 1.165) is 30.9 Å². The minimum absolute atomic E-state index is 0.204. The third-order valence-corrected chi connectivity index (χ3v) is 5.40. The van der Waals surface area contributed by atoms with Gasteiger partial charge in [0.1, 0.15) is 6.04 Å². The first kappa shape index (κ1) is 14.2. The highest BCUT2D eigenvalue weighted by molar-refractivity contribution is 7.99. The Bertz CT molecular complexity index is 285. The van der Waals surface area contributed by atoms with Crippen molar-refractivity contribution in [1.82, 2.24) is 4.90 Å². The Morgan fingerprint density at radius 3 is 2.89 bits per heavy atom. The van der Waals surface area contributed by atoms with Gasteiger partial charge in [-0.25, -0.2) is 0 Å². The number of hydrogen-bond donors (Lipinski definition) is 1. The van der Waals surface area contributed by atoms with Crippen LogP contribution in [0.5, 0.6) is 0 Å². The summed E-state index contributed by atoms with van der Waals surface area (Å²) >= 11 is 1.96. The fourth-order valence-corrected chi connectivity index (χ4v) is 4.23. The first-order valence-corrected chi connectivity index (χ1v) is 8.45. The Labute approximate surface area is 114 Å². The van der Waals surface area contributed by atoms with Crippen molar-refractivity contribution < 1.29 is 9.90 Å². The molecule has 1 saturated heterocycles. The number of nitrogens with zero attached hydrogens (tertiary/aromatic N) is 1. The molecule has 3 atom stereocenters. The molecule has 0 radical (unpaired) electrons. The SMILES string of the molecule is CCSCCCN1C(C(=O)O)CC2CCCCC21. The van der Waals surface area contributed by atoms with Crippen LogP contribution in [0.3, 0.4) is 0 Å². The van der Waals surface area contributed by atoms with Gasteiger partial charge < -0.3 is 5.11 Å². The van der Waals surface area contributed by atoms with E-state index in [4.69, 9.17) is 0 Å². The van der Waals surface area contributed by atoms with Crippen molar-refractivity contribution in [2.24, 2.45) is 5.92 Å². The molecule has 0 aromatic rings. The van der Waals surface area contributed by atoms with Gasteiger partial charge in [0.15, 0.2) is 0 Å². The molecule has 0 aromatic heterocycles. The van der Waals surface area contributed by atoms with Crippen molar-refractivity contribution >= 4 is 17.7 Å². The Balaban J connectivity index is 1.91. The Kier molecular flexibility index (Phi) is 5.37. The molecule has 3 unspecified atom stereocenters. The number of likely N-dealkylation sites (tertiary alicyclic amines) is 1. The fourth-order valence-electron chi connectivity index (χ4n) is 3.61. The van der Waals surface area contributed by atoms with Crippen molar-refractivity contribution in [3.8, 4) is 0 Å². The van der Waals surface area contributed by atoms with E-state index in [1.165, 1.54) is 25.7 Å². The van der Waals surface area contributed by atoms with E-state index in [-0.39, 0.29) is 6.04 Å². The van der Waals surface area contributed by atoms with Crippen molar-refractivity contribution in [2.75, 3.05) is 18.1 Å². The van der Waals surface area contributed by atoms with Crippen molar-refractivity contribution in [3.63, 3.8) is 0 Å². The molecule has 3 nitrogen and oxygen atoms in total. The van der Waals surface area contributed by atoms with Crippen LogP contribution < -0.4 is 0 Å². The monoisotopic (exact) mass is 271 g/mol. The quantitative estimate of drug-likeness (QED) is 0.754. The van der Waals surface area contributed by atoms with Crippen LogP contribution in [-0.2, 0) is 4.79 Å². The normalized spacial score (nSPS) is 32.4. The second kappa shape index (κ2) is 6.80. The number of carboxylic acids is 1. The molecule has 2 aliphatic rings. The molecular formula is C14H25NO2S. The highest BCUT2D eigenvalue weighted by Gasteiger charge is 2.44. The summed E-state index contributed by atoms with van der Waals surface area (Å²) in [5.41, 5.74) is 0. The number of thioether (sulfide) groups is 1. The molecule has 2 fully saturated rings. The van der Waals surface area contributed by atoms with E-state index in [1.54, 1.807) is 0 Å². The van der Waals surface area contributed by atoms with Crippen LogP contribution in [0.2, 0.25) is 0 Å². The molecule has 2 rings (SSSR count). The predicted octanol–water partition coefficient (Wildman–Crippen LogP) is 2.85. The molecule has 0 bridgehead atoms. The van der Waals surface area contributed by atoms with Crippen LogP contribution in [0, 0.1) is 5.92 Å². The molecule has 0 aromatic carbocycles. The zero-order valence-electron chi connectivity index (χ0n) is 11.3. The van der Waals surface area contributed by atoms with Gasteiger partial charge in [-0.1, -0.05) is 19.8 Å². The zero-order valence-corrected chi connectivity index (χ0v) is 12.1. The van der Waals surface area contributed by atoms with E-state index < -0.39 is 5.97 Å². The van der Waals surface area contributed by atoms with Gasteiger partial charge in [0.2, 0.25) is 0 Å². The van der Waals surface area contributed by atoms with Crippen LogP contribution in [-0.4, -0.2) is 46.1 Å². The van der Waals surface area contributed by atoms with Crippen LogP contribution in [0.15, 0.2) is 0 Å². The highest BCUT2D eigenvalue weighted by Crippen LogP contribution is 2.39. The summed E-state index contributed by atoms with van der Waals surface area (Å²) < 4.78 is 0. The van der Waals surface area contributed by atoms with E-state index in [1.807, 2.05) is 11.8 Å². The summed E-state index contributed by atoms with van der Waals surface area (Å²) in [4.78, 5) is 13.7. The van der Waals surface area contributed by atoms with Gasteiger partial charge in [0.05, 0.1) is 0 Å². The van der Waals surface area contributed by atoms with Gasteiger partial charge >= 0.3 is 5.97 Å². The van der Waals surface area contributed by atoms with Gasteiger partial charge in [-0.3, -0.25) is 9.69 Å². The summed E-state index contributed by atoms with van der Waals surface area (Å²) in [6.07, 6.45) is 7.07. The lowest BCUT2D eigenvalue weighted by atomic mass is 9.85. The van der Waals surface area contributed by atoms with E-state index in [2.05, 4.69) is 11.8 Å². The topological polar surface area (TPSA) is 40.5 Å². The summed E-state index contributed by atoms with van der Waals surface area (Å²) in [6, 6.07) is 0.358. The average Bonchev–Trinajstić information content (AvgIpc) is 2.74. The van der Waals surface area contributed by atoms with Crippen LogP contribution >= 0.6 is 11.8 Å². The smallest absolute Gasteiger partial charge is 0.320 e. The minimum atomic E-state index is -0.604. The number of aliphatic carboxylic acids is 1. The van der Waals surface area contributed by atoms with E-state index >= 15 is 0 Å². The molecule has 1 saturated carbocycles. The second-order valence-electron chi connectivity index (χ2n) is 5.49. The van der Waals surface area contributed by atoms with E-state index in [9.17, 15) is 9.90 Å². The molecule has 0 spiro atoms. The molecule has 4 heteroatoms. The van der Waals surface area contributed by atoms with Gasteiger partial charge in [-0.05, 0) is 43.1 Å². The lowest BCUT2D eigenvalue weighted by Crippen LogP contribution is -2.42. The number of carboxylic acid groups (broad SMARTS) is 1. The second-order valence-corrected chi connectivity index (χ2v) is 6.88. The first-order chi connectivity index (χ1) is 8.74. The Hall–Kier alpha value is -0.220. The zero-order chi connectivity index (χ0) is 13.0. The van der Waals surface area contributed by atoms with Crippen molar-refractivity contribution in [2.45, 2.75) is 57.5 Å². The van der Waals surface area contributed by atoms with E-state index in [0.29, 0.717) is 12.0 Å². The molecule has 1 aliphatic heterocycles. The Morgan fingerprint density at radius 2 is 2.17 bits per heavy atom. The molecule has 1 N–H and O–H groups in total. The number of rotatable bonds is 6. The molecule has 0 amide bonds. The van der Waals surface area contributed by atoms with Crippen molar-refractivity contribution in [3.05, 3.63) is 0 Å². The maximum absolute atomic E-state index is 11.4. The standard InChI is InChI=1S/C14H25NO2S/c1-2-18-9-5-8-15-12-7-4-3-6-11(12)10-13(15)14(16)17/h11-13H,2-10H2,1H3,(H,16,17). The fraction of sp³-hybridized carbons (Fsp3) is 0.929. The number of fused-ring (bicyclic) bond motifs is 1. The summed E-state index contributed by atoms with van der Waals surface area (Å²) in [7, 11) is 0. The third kappa shape index (κ3) is 3.21. The lowest BCUT2D eigenvalue weighted by molar-refractivity contribution is -0.142. The van der Waals surface area contributed by atoms with Gasteiger partial charge in [0.25, 0.3) is 0 Å². The summed E-state index contributed by atoms with van der Waals surface area (Å²) in [6.45, 7) is 3.16. The number of hydrogen-bond acceptors (Lipinski definition) is 3. The van der Waals surface area contributed by atoms with Crippen LogP contribution in [0.1, 0.15) is 45.4 Å². The Morgan fingerprint density at radius 1 is 1.39 bits per heavy atom. The third-order valence-electron chi connectivity index (χ3n) is 4.42. The largest absolute Gasteiger partial charge is 0.480 e. The molecule has 1 heterocycles. The maximum atomic E-state index is 11.4. The average molecular weight is 271 g/mol. The first-order valence-electron chi connectivity index (χ1n) is 7.30. The van der Waals surface area contributed by atoms with Crippen LogP contribution in [0.25, 0.3) is 0 Å². The number of carbonyl (C=O) groups is 1. The molecular weight excluding hydrogens is 246 g/mol. The predicted molar refractivity (Wildman–Crippen MR) is 76.1 cm³/mol. The van der Waals surface area contributed by atoms with Crippen molar-refractivity contribution in [1.29, 1.82) is 0 Å². The maximum Gasteiger partial charge on any atom is 0.320 e. The molecule has 1 aliphatic carbocycles. The minimum Gasteiger partial charge on any atom is -0.480 e. The van der Waals surface area contributed by atoms with Gasteiger partial charge in [0, 0.05) is 12.6 Å². The highest BCUT2D eigenvalue weighted by atomic mass is 32.2. The summed E-state index contributed by atoms with van der Waals surface area (Å²) in [5.74, 6) is 2.37.